The van der Waals surface area contributed by atoms with Crippen molar-refractivity contribution in [1.29, 1.82) is 0 Å². The topological polar surface area (TPSA) is 68.1 Å². The van der Waals surface area contributed by atoms with Crippen molar-refractivity contribution in [2.45, 2.75) is 37.8 Å². The van der Waals surface area contributed by atoms with Crippen molar-refractivity contribution < 1.29 is 9.53 Å². The predicted molar refractivity (Wildman–Crippen MR) is 73.7 cm³/mol. The van der Waals surface area contributed by atoms with Crippen molar-refractivity contribution in [3.8, 4) is 0 Å². The molecule has 0 unspecified atom stereocenters. The molecular weight excluding hydrogens is 240 g/mol. The van der Waals surface area contributed by atoms with E-state index in [-0.39, 0.29) is 12.1 Å². The van der Waals surface area contributed by atoms with Crippen LogP contribution in [0.1, 0.15) is 24.8 Å². The van der Waals surface area contributed by atoms with E-state index in [2.05, 4.69) is 4.98 Å². The van der Waals surface area contributed by atoms with Gasteiger partial charge in [0.25, 0.3) is 0 Å². The lowest BCUT2D eigenvalue weighted by Gasteiger charge is -2.26. The minimum atomic E-state index is -0.584. The first-order valence-corrected chi connectivity index (χ1v) is 6.75. The summed E-state index contributed by atoms with van der Waals surface area (Å²) in [5.41, 5.74) is 8.07. The Balaban J connectivity index is 1.68. The van der Waals surface area contributed by atoms with Gasteiger partial charge >= 0.3 is 5.97 Å². The molecular formula is C15H18N2O2. The van der Waals surface area contributed by atoms with Gasteiger partial charge in [-0.25, -0.2) is 0 Å². The maximum atomic E-state index is 11.9. The van der Waals surface area contributed by atoms with Crippen LogP contribution in [0.25, 0.3) is 10.9 Å². The first-order chi connectivity index (χ1) is 9.24. The van der Waals surface area contributed by atoms with Crippen molar-refractivity contribution in [2.24, 2.45) is 5.73 Å². The van der Waals surface area contributed by atoms with Crippen molar-refractivity contribution >= 4 is 16.9 Å². The lowest BCUT2D eigenvalue weighted by molar-refractivity contribution is -0.154. The molecule has 1 saturated carbocycles. The maximum Gasteiger partial charge on any atom is 0.323 e. The molecule has 0 amide bonds. The smallest absolute Gasteiger partial charge is 0.323 e. The van der Waals surface area contributed by atoms with E-state index in [1.165, 1.54) is 0 Å². The molecule has 0 radical (unpaired) electrons. The number of carbonyl (C=O) groups is 1. The number of ether oxygens (including phenoxy) is 1. The van der Waals surface area contributed by atoms with Crippen molar-refractivity contribution in [3.63, 3.8) is 0 Å². The zero-order valence-electron chi connectivity index (χ0n) is 10.8. The number of H-pyrrole nitrogens is 1. The number of aromatic amines is 1. The average molecular weight is 258 g/mol. The Bertz CT molecular complexity index is 587. The Morgan fingerprint density at radius 1 is 1.42 bits per heavy atom. The van der Waals surface area contributed by atoms with E-state index in [0.717, 1.165) is 35.7 Å². The molecule has 3 N–H and O–H groups in total. The molecule has 19 heavy (non-hydrogen) atoms. The summed E-state index contributed by atoms with van der Waals surface area (Å²) in [6.45, 7) is 0. The van der Waals surface area contributed by atoms with E-state index in [9.17, 15) is 4.79 Å². The monoisotopic (exact) mass is 258 g/mol. The molecule has 100 valence electrons. The zero-order valence-corrected chi connectivity index (χ0v) is 10.8. The third-order valence-electron chi connectivity index (χ3n) is 3.75. The van der Waals surface area contributed by atoms with E-state index in [1.54, 1.807) is 0 Å². The Labute approximate surface area is 111 Å². The highest BCUT2D eigenvalue weighted by molar-refractivity contribution is 5.84. The number of nitrogens with one attached hydrogen (secondary N) is 1. The van der Waals surface area contributed by atoms with Gasteiger partial charge in [-0.15, -0.1) is 0 Å². The van der Waals surface area contributed by atoms with Gasteiger partial charge in [0.2, 0.25) is 0 Å². The van der Waals surface area contributed by atoms with Gasteiger partial charge in [0, 0.05) is 23.5 Å². The molecule has 0 saturated heterocycles. The largest absolute Gasteiger partial charge is 0.461 e. The van der Waals surface area contributed by atoms with Gasteiger partial charge < -0.3 is 15.5 Å². The number of fused-ring (bicyclic) bond motifs is 1. The summed E-state index contributed by atoms with van der Waals surface area (Å²) < 4.78 is 5.33. The van der Waals surface area contributed by atoms with Gasteiger partial charge in [0.15, 0.2) is 0 Å². The van der Waals surface area contributed by atoms with E-state index < -0.39 is 6.04 Å². The molecule has 1 aliphatic carbocycles. The number of nitrogens with two attached hydrogens (primary N) is 1. The van der Waals surface area contributed by atoms with Crippen LogP contribution in [-0.2, 0) is 16.0 Å². The number of rotatable bonds is 4. The summed E-state index contributed by atoms with van der Waals surface area (Å²) in [6.07, 6.45) is 5.63. The van der Waals surface area contributed by atoms with Gasteiger partial charge in [0.05, 0.1) is 0 Å². The molecule has 1 aromatic heterocycles. The van der Waals surface area contributed by atoms with Crippen LogP contribution in [0, 0.1) is 0 Å². The van der Waals surface area contributed by atoms with Crippen LogP contribution >= 0.6 is 0 Å². The highest BCUT2D eigenvalue weighted by Gasteiger charge is 2.25. The molecule has 1 heterocycles. The third-order valence-corrected chi connectivity index (χ3v) is 3.75. The van der Waals surface area contributed by atoms with Gasteiger partial charge in [0.1, 0.15) is 12.1 Å². The predicted octanol–water partition coefficient (Wildman–Crippen LogP) is 2.13. The van der Waals surface area contributed by atoms with Crippen LogP contribution in [0.5, 0.6) is 0 Å². The first kappa shape index (κ1) is 12.2. The summed E-state index contributed by atoms with van der Waals surface area (Å²) >= 11 is 0. The summed E-state index contributed by atoms with van der Waals surface area (Å²) in [4.78, 5) is 15.0. The van der Waals surface area contributed by atoms with Crippen LogP contribution in [0.15, 0.2) is 30.5 Å². The van der Waals surface area contributed by atoms with E-state index in [0.29, 0.717) is 6.42 Å². The second-order valence-electron chi connectivity index (χ2n) is 5.16. The zero-order chi connectivity index (χ0) is 13.2. The number of esters is 1. The number of para-hydroxylation sites is 1. The maximum absolute atomic E-state index is 11.9. The second kappa shape index (κ2) is 5.05. The minimum absolute atomic E-state index is 0.0986. The van der Waals surface area contributed by atoms with Crippen molar-refractivity contribution in [2.75, 3.05) is 0 Å². The molecule has 4 heteroatoms. The van der Waals surface area contributed by atoms with Crippen LogP contribution < -0.4 is 5.73 Å². The number of hydrogen-bond donors (Lipinski definition) is 2. The van der Waals surface area contributed by atoms with Crippen molar-refractivity contribution in [3.05, 3.63) is 36.0 Å². The van der Waals surface area contributed by atoms with Crippen LogP contribution in [0.2, 0.25) is 0 Å². The molecule has 1 aromatic carbocycles. The van der Waals surface area contributed by atoms with E-state index in [4.69, 9.17) is 10.5 Å². The Hall–Kier alpha value is -1.81. The third kappa shape index (κ3) is 2.49. The molecule has 4 nitrogen and oxygen atoms in total. The standard InChI is InChI=1S/C15H18N2O2/c16-13(15(18)19-11-4-3-5-11)8-10-9-17-14-7-2-1-6-12(10)14/h1-2,6-7,9,11,13,17H,3-5,8,16H2/t13-/m0/s1. The van der Waals surface area contributed by atoms with Crippen molar-refractivity contribution in [1.82, 2.24) is 4.98 Å². The lowest BCUT2D eigenvalue weighted by Crippen LogP contribution is -2.38. The molecule has 1 fully saturated rings. The average Bonchev–Trinajstić information content (AvgIpc) is 2.77. The Morgan fingerprint density at radius 2 is 2.21 bits per heavy atom. The van der Waals surface area contributed by atoms with Gasteiger partial charge in [-0.05, 0) is 30.9 Å². The minimum Gasteiger partial charge on any atom is -0.461 e. The Morgan fingerprint density at radius 3 is 2.95 bits per heavy atom. The second-order valence-corrected chi connectivity index (χ2v) is 5.16. The number of aromatic nitrogens is 1. The molecule has 0 spiro atoms. The SMILES string of the molecule is N[C@@H](Cc1c[nH]c2ccccc12)C(=O)OC1CCC1. The Kier molecular flexibility index (Phi) is 3.25. The van der Waals surface area contributed by atoms with Crippen LogP contribution in [-0.4, -0.2) is 23.1 Å². The molecule has 3 rings (SSSR count). The lowest BCUT2D eigenvalue weighted by atomic mass is 9.96. The molecule has 0 aliphatic heterocycles. The number of benzene rings is 1. The summed E-state index contributed by atoms with van der Waals surface area (Å²) in [5.74, 6) is -0.282. The first-order valence-electron chi connectivity index (χ1n) is 6.75. The fraction of sp³-hybridized carbons (Fsp3) is 0.400. The highest BCUT2D eigenvalue weighted by Crippen LogP contribution is 2.23. The van der Waals surface area contributed by atoms with E-state index >= 15 is 0 Å². The van der Waals surface area contributed by atoms with E-state index in [1.807, 2.05) is 30.5 Å². The van der Waals surface area contributed by atoms with Crippen LogP contribution in [0.4, 0.5) is 0 Å². The number of hydrogen-bond acceptors (Lipinski definition) is 3. The quantitative estimate of drug-likeness (QED) is 0.825. The fourth-order valence-corrected chi connectivity index (χ4v) is 2.36. The highest BCUT2D eigenvalue weighted by atomic mass is 16.5. The van der Waals surface area contributed by atoms with Crippen LogP contribution in [0.3, 0.4) is 0 Å². The molecule has 2 aromatic rings. The van der Waals surface area contributed by atoms with Gasteiger partial charge in [-0.3, -0.25) is 4.79 Å². The molecule has 1 atom stereocenters. The van der Waals surface area contributed by atoms with Gasteiger partial charge in [-0.1, -0.05) is 18.2 Å². The summed E-state index contributed by atoms with van der Waals surface area (Å²) in [6, 6.07) is 7.42. The number of carbonyl (C=O) groups excluding carboxylic acids is 1. The van der Waals surface area contributed by atoms with Gasteiger partial charge in [-0.2, -0.15) is 0 Å². The normalized spacial score (nSPS) is 17.1. The summed E-state index contributed by atoms with van der Waals surface area (Å²) in [7, 11) is 0. The summed E-state index contributed by atoms with van der Waals surface area (Å²) in [5, 5.41) is 1.12. The molecule has 0 bridgehead atoms. The molecule has 1 aliphatic rings. The fourth-order valence-electron chi connectivity index (χ4n) is 2.36.